The summed E-state index contributed by atoms with van der Waals surface area (Å²) in [5.41, 5.74) is 1.73. The number of rotatable bonds is 3. The van der Waals surface area contributed by atoms with Crippen LogP contribution in [0.2, 0.25) is 0 Å². The van der Waals surface area contributed by atoms with Gasteiger partial charge in [-0.2, -0.15) is 0 Å². The first-order valence-electron chi connectivity index (χ1n) is 5.16. The van der Waals surface area contributed by atoms with Crippen LogP contribution >= 0.6 is 15.9 Å². The van der Waals surface area contributed by atoms with Crippen molar-refractivity contribution in [3.05, 3.63) is 40.4 Å². The second kappa shape index (κ2) is 5.29. The maximum absolute atomic E-state index is 8.79. The Morgan fingerprint density at radius 2 is 2.24 bits per heavy atom. The first-order chi connectivity index (χ1) is 8.24. The lowest BCUT2D eigenvalue weighted by Crippen LogP contribution is -1.92. The molecule has 0 bridgehead atoms. The van der Waals surface area contributed by atoms with Gasteiger partial charge in [0.05, 0.1) is 19.2 Å². The number of methoxy groups -OCH3 is 1. The first kappa shape index (κ1) is 12.1. The van der Waals surface area contributed by atoms with Gasteiger partial charge in [-0.3, -0.25) is 0 Å². The van der Waals surface area contributed by atoms with E-state index >= 15 is 0 Å². The zero-order valence-electron chi connectivity index (χ0n) is 9.35. The number of hydrogen-bond acceptors (Lipinski definition) is 3. The van der Waals surface area contributed by atoms with Crippen LogP contribution in [-0.4, -0.2) is 23.8 Å². The summed E-state index contributed by atoms with van der Waals surface area (Å²) in [6.07, 6.45) is 3.45. The minimum absolute atomic E-state index is 0.000322. The van der Waals surface area contributed by atoms with Crippen LogP contribution in [0.4, 0.5) is 0 Å². The van der Waals surface area contributed by atoms with E-state index in [1.54, 1.807) is 19.3 Å². The van der Waals surface area contributed by atoms with Crippen molar-refractivity contribution in [1.29, 1.82) is 0 Å². The minimum Gasteiger partial charge on any atom is -0.481 e. The molecule has 3 nitrogen and oxygen atoms in total. The molecule has 1 aromatic heterocycles. The number of fused-ring (bicyclic) bond motifs is 1. The molecule has 1 aromatic carbocycles. The predicted octanol–water partition coefficient (Wildman–Crippen LogP) is 3.01. The van der Waals surface area contributed by atoms with Gasteiger partial charge in [0.25, 0.3) is 0 Å². The third kappa shape index (κ3) is 2.65. The Hall–Kier alpha value is -1.39. The van der Waals surface area contributed by atoms with Gasteiger partial charge < -0.3 is 9.84 Å². The van der Waals surface area contributed by atoms with Gasteiger partial charge in [0.15, 0.2) is 0 Å². The maximum Gasteiger partial charge on any atom is 0.221 e. The largest absolute Gasteiger partial charge is 0.481 e. The van der Waals surface area contributed by atoms with Crippen LogP contribution in [0.1, 0.15) is 5.56 Å². The highest BCUT2D eigenvalue weighted by Gasteiger charge is 2.05. The molecule has 0 spiro atoms. The lowest BCUT2D eigenvalue weighted by molar-refractivity contribution is 0.343. The average Bonchev–Trinajstić information content (AvgIpc) is 2.35. The van der Waals surface area contributed by atoms with Crippen LogP contribution < -0.4 is 4.74 Å². The molecular formula is C13H12BrNO2. The van der Waals surface area contributed by atoms with Crippen molar-refractivity contribution in [3.63, 3.8) is 0 Å². The smallest absolute Gasteiger partial charge is 0.221 e. The number of halogens is 1. The minimum atomic E-state index is -0.000322. The Balaban J connectivity index is 2.61. The number of pyridine rings is 1. The molecule has 0 amide bonds. The van der Waals surface area contributed by atoms with E-state index < -0.39 is 0 Å². The molecule has 1 N–H and O–H groups in total. The summed E-state index contributed by atoms with van der Waals surface area (Å²) in [6, 6.07) is 7.86. The summed E-state index contributed by atoms with van der Waals surface area (Å²) < 4.78 is 6.23. The molecule has 2 aromatic rings. The first-order valence-corrected chi connectivity index (χ1v) is 5.95. The molecule has 4 heteroatoms. The SMILES string of the molecule is COc1nc2ccc(Br)cc2cc1/C=C/CO. The molecule has 0 fully saturated rings. The number of nitrogens with zero attached hydrogens (tertiary/aromatic N) is 1. The Bertz CT molecular complexity index is 567. The fourth-order valence-corrected chi connectivity index (χ4v) is 1.99. The van der Waals surface area contributed by atoms with E-state index in [0.29, 0.717) is 5.88 Å². The van der Waals surface area contributed by atoms with Gasteiger partial charge in [-0.15, -0.1) is 0 Å². The standard InChI is InChI=1S/C13H12BrNO2/c1-17-13-9(3-2-6-16)7-10-8-11(14)4-5-12(10)15-13/h2-5,7-8,16H,6H2,1H3/b3-2+. The molecule has 88 valence electrons. The molecule has 0 atom stereocenters. The Morgan fingerprint density at radius 3 is 2.94 bits per heavy atom. The van der Waals surface area contributed by atoms with Gasteiger partial charge in [-0.25, -0.2) is 4.98 Å². The van der Waals surface area contributed by atoms with Crippen molar-refractivity contribution in [2.45, 2.75) is 0 Å². The van der Waals surface area contributed by atoms with Gasteiger partial charge >= 0.3 is 0 Å². The number of benzene rings is 1. The van der Waals surface area contributed by atoms with Crippen molar-refractivity contribution in [1.82, 2.24) is 4.98 Å². The summed E-state index contributed by atoms with van der Waals surface area (Å²) in [6.45, 7) is -0.000322. The number of hydrogen-bond donors (Lipinski definition) is 1. The van der Waals surface area contributed by atoms with E-state index in [2.05, 4.69) is 20.9 Å². The number of aliphatic hydroxyl groups excluding tert-OH is 1. The fourth-order valence-electron chi connectivity index (χ4n) is 1.61. The zero-order chi connectivity index (χ0) is 12.3. The molecule has 0 aliphatic rings. The second-order valence-corrected chi connectivity index (χ2v) is 4.42. The Labute approximate surface area is 108 Å². The van der Waals surface area contributed by atoms with E-state index in [0.717, 1.165) is 20.9 Å². The zero-order valence-corrected chi connectivity index (χ0v) is 10.9. The lowest BCUT2D eigenvalue weighted by Gasteiger charge is -2.06. The molecule has 0 saturated heterocycles. The van der Waals surface area contributed by atoms with Crippen LogP contribution in [-0.2, 0) is 0 Å². The van der Waals surface area contributed by atoms with Gasteiger partial charge in [-0.1, -0.05) is 28.1 Å². The van der Waals surface area contributed by atoms with E-state index in [1.807, 2.05) is 24.3 Å². The number of aromatic nitrogens is 1. The van der Waals surface area contributed by atoms with Crippen LogP contribution in [0.3, 0.4) is 0 Å². The summed E-state index contributed by atoms with van der Waals surface area (Å²) in [5.74, 6) is 0.560. The second-order valence-electron chi connectivity index (χ2n) is 3.51. The van der Waals surface area contributed by atoms with Gasteiger partial charge in [-0.05, 0) is 24.3 Å². The maximum atomic E-state index is 8.79. The Kier molecular flexibility index (Phi) is 3.76. The fraction of sp³-hybridized carbons (Fsp3) is 0.154. The van der Waals surface area contributed by atoms with E-state index in [-0.39, 0.29) is 6.61 Å². The summed E-state index contributed by atoms with van der Waals surface area (Å²) in [4.78, 5) is 4.41. The molecule has 0 aliphatic carbocycles. The van der Waals surface area contributed by atoms with Crippen molar-refractivity contribution in [2.75, 3.05) is 13.7 Å². The van der Waals surface area contributed by atoms with Crippen molar-refractivity contribution >= 4 is 32.9 Å². The van der Waals surface area contributed by atoms with Crippen molar-refractivity contribution < 1.29 is 9.84 Å². The summed E-state index contributed by atoms with van der Waals surface area (Å²) in [7, 11) is 1.59. The van der Waals surface area contributed by atoms with Gasteiger partial charge in [0.1, 0.15) is 0 Å². The Morgan fingerprint density at radius 1 is 1.41 bits per heavy atom. The highest BCUT2D eigenvalue weighted by Crippen LogP contribution is 2.25. The van der Waals surface area contributed by atoms with Crippen molar-refractivity contribution in [3.8, 4) is 5.88 Å². The predicted molar refractivity (Wildman–Crippen MR) is 72.1 cm³/mol. The van der Waals surface area contributed by atoms with Crippen LogP contribution in [0.25, 0.3) is 17.0 Å². The molecule has 0 unspecified atom stereocenters. The summed E-state index contributed by atoms with van der Waals surface area (Å²) >= 11 is 3.43. The highest BCUT2D eigenvalue weighted by molar-refractivity contribution is 9.10. The molecule has 0 radical (unpaired) electrons. The van der Waals surface area contributed by atoms with Crippen molar-refractivity contribution in [2.24, 2.45) is 0 Å². The normalized spacial score (nSPS) is 11.2. The topological polar surface area (TPSA) is 42.4 Å². The van der Waals surface area contributed by atoms with Crippen LogP contribution in [0.15, 0.2) is 34.8 Å². The average molecular weight is 294 g/mol. The van der Waals surface area contributed by atoms with Gasteiger partial charge in [0, 0.05) is 15.4 Å². The van der Waals surface area contributed by atoms with E-state index in [4.69, 9.17) is 9.84 Å². The molecule has 1 heterocycles. The molecule has 17 heavy (non-hydrogen) atoms. The van der Waals surface area contributed by atoms with E-state index in [9.17, 15) is 0 Å². The molecule has 2 rings (SSSR count). The monoisotopic (exact) mass is 293 g/mol. The number of aliphatic hydroxyl groups is 1. The van der Waals surface area contributed by atoms with Crippen LogP contribution in [0, 0.1) is 0 Å². The third-order valence-electron chi connectivity index (χ3n) is 2.37. The number of ether oxygens (including phenoxy) is 1. The molecule has 0 aliphatic heterocycles. The van der Waals surface area contributed by atoms with Crippen LogP contribution in [0.5, 0.6) is 5.88 Å². The lowest BCUT2D eigenvalue weighted by atomic mass is 10.1. The van der Waals surface area contributed by atoms with Gasteiger partial charge in [0.2, 0.25) is 5.88 Å². The molecule has 0 saturated carbocycles. The quantitative estimate of drug-likeness (QED) is 0.946. The van der Waals surface area contributed by atoms with E-state index in [1.165, 1.54) is 0 Å². The third-order valence-corrected chi connectivity index (χ3v) is 2.86. The highest BCUT2D eigenvalue weighted by atomic mass is 79.9. The molecular weight excluding hydrogens is 282 g/mol. The summed E-state index contributed by atoms with van der Waals surface area (Å²) in [5, 5.41) is 9.82.